The molecule has 0 radical (unpaired) electrons. The number of rotatable bonds is 13. The number of aliphatic carboxylic acids is 1. The summed E-state index contributed by atoms with van der Waals surface area (Å²) >= 11 is 6.24. The van der Waals surface area contributed by atoms with Crippen molar-refractivity contribution in [2.24, 2.45) is 0 Å². The topological polar surface area (TPSA) is 49.8 Å². The highest BCUT2D eigenvalue weighted by molar-refractivity contribution is 6.32. The number of carbonyl (C=O) groups is 1. The van der Waals surface area contributed by atoms with Crippen LogP contribution in [0.5, 0.6) is 5.75 Å². The van der Waals surface area contributed by atoms with Crippen molar-refractivity contribution in [1.82, 2.24) is 4.90 Å². The lowest BCUT2D eigenvalue weighted by molar-refractivity contribution is -0.138. The predicted octanol–water partition coefficient (Wildman–Crippen LogP) is 8.17. The van der Waals surface area contributed by atoms with E-state index < -0.39 is 17.7 Å². The van der Waals surface area contributed by atoms with Crippen molar-refractivity contribution in [3.63, 3.8) is 0 Å². The second kappa shape index (κ2) is 14.2. The zero-order chi connectivity index (χ0) is 29.2. The van der Waals surface area contributed by atoms with Gasteiger partial charge in [-0.15, -0.1) is 0 Å². The summed E-state index contributed by atoms with van der Waals surface area (Å²) in [4.78, 5) is 13.1. The molecule has 0 amide bonds. The van der Waals surface area contributed by atoms with Crippen LogP contribution in [0.2, 0.25) is 5.02 Å². The lowest BCUT2D eigenvalue weighted by Gasteiger charge is -2.24. The Kier molecular flexibility index (Phi) is 10.4. The van der Waals surface area contributed by atoms with Crippen LogP contribution in [0, 0.1) is 0 Å². The molecule has 0 saturated heterocycles. The number of hydrogen-bond donors (Lipinski definition) is 1. The quantitative estimate of drug-likeness (QED) is 0.162. The third-order valence-corrected chi connectivity index (χ3v) is 7.17. The van der Waals surface area contributed by atoms with Crippen molar-refractivity contribution in [1.29, 1.82) is 0 Å². The Hall–Kier alpha value is -3.81. The first-order chi connectivity index (χ1) is 19.7. The zero-order valence-electron chi connectivity index (χ0n) is 22.4. The number of hydrogen-bond acceptors (Lipinski definition) is 3. The Labute approximate surface area is 243 Å². The molecule has 4 aromatic carbocycles. The van der Waals surface area contributed by atoms with E-state index >= 15 is 0 Å². The minimum absolute atomic E-state index is 0.0901. The van der Waals surface area contributed by atoms with E-state index in [9.17, 15) is 18.0 Å². The van der Waals surface area contributed by atoms with Gasteiger partial charge in [0.2, 0.25) is 0 Å². The summed E-state index contributed by atoms with van der Waals surface area (Å²) in [5.41, 5.74) is 3.60. The lowest BCUT2D eigenvalue weighted by Crippen LogP contribution is -2.28. The summed E-state index contributed by atoms with van der Waals surface area (Å²) in [7, 11) is 0. The first-order valence-electron chi connectivity index (χ1n) is 13.3. The van der Waals surface area contributed by atoms with Gasteiger partial charge < -0.3 is 9.84 Å². The molecule has 41 heavy (non-hydrogen) atoms. The number of carboxylic acid groups (broad SMARTS) is 1. The summed E-state index contributed by atoms with van der Waals surface area (Å²) in [5, 5.41) is 8.76. The third-order valence-electron chi connectivity index (χ3n) is 6.72. The monoisotopic (exact) mass is 581 g/mol. The van der Waals surface area contributed by atoms with Crippen LogP contribution in [0.1, 0.15) is 28.7 Å². The van der Waals surface area contributed by atoms with Gasteiger partial charge in [0, 0.05) is 19.6 Å². The van der Waals surface area contributed by atoms with Gasteiger partial charge in [-0.2, -0.15) is 13.2 Å². The minimum atomic E-state index is -4.53. The van der Waals surface area contributed by atoms with Crippen LogP contribution in [0.3, 0.4) is 0 Å². The Balaban J connectivity index is 1.47. The van der Waals surface area contributed by atoms with Crippen molar-refractivity contribution < 1.29 is 27.8 Å². The fourth-order valence-corrected chi connectivity index (χ4v) is 5.04. The second-order valence-corrected chi connectivity index (χ2v) is 10.1. The van der Waals surface area contributed by atoms with E-state index in [4.69, 9.17) is 21.4 Å². The van der Waals surface area contributed by atoms with E-state index in [0.717, 1.165) is 22.8 Å². The molecule has 4 nitrogen and oxygen atoms in total. The molecule has 0 aliphatic rings. The highest BCUT2D eigenvalue weighted by Crippen LogP contribution is 2.36. The number of benzene rings is 4. The molecule has 8 heteroatoms. The minimum Gasteiger partial charge on any atom is -0.494 e. The van der Waals surface area contributed by atoms with Crippen molar-refractivity contribution in [2.75, 3.05) is 19.7 Å². The van der Waals surface area contributed by atoms with Crippen LogP contribution in [0.15, 0.2) is 97.1 Å². The van der Waals surface area contributed by atoms with Crippen LogP contribution in [0.25, 0.3) is 11.1 Å². The second-order valence-electron chi connectivity index (χ2n) is 9.75. The van der Waals surface area contributed by atoms with Gasteiger partial charge in [-0.1, -0.05) is 90.5 Å². The fourth-order valence-electron chi connectivity index (χ4n) is 4.75. The van der Waals surface area contributed by atoms with E-state index in [-0.39, 0.29) is 18.0 Å². The maximum absolute atomic E-state index is 13.5. The van der Waals surface area contributed by atoms with Gasteiger partial charge in [-0.3, -0.25) is 9.69 Å². The molecule has 4 aromatic rings. The molecule has 0 unspecified atom stereocenters. The average Bonchev–Trinajstić information content (AvgIpc) is 2.94. The number of alkyl halides is 3. The van der Waals surface area contributed by atoms with Crippen LogP contribution < -0.4 is 4.74 Å². The van der Waals surface area contributed by atoms with Crippen molar-refractivity contribution in [3.8, 4) is 16.9 Å². The molecule has 4 rings (SSSR count). The van der Waals surface area contributed by atoms with Crippen molar-refractivity contribution in [3.05, 3.63) is 124 Å². The van der Waals surface area contributed by atoms with E-state index in [1.165, 1.54) is 6.07 Å². The molecule has 0 spiro atoms. The lowest BCUT2D eigenvalue weighted by atomic mass is 9.97. The molecule has 0 atom stereocenters. The largest absolute Gasteiger partial charge is 0.494 e. The summed E-state index contributed by atoms with van der Waals surface area (Å²) in [6.07, 6.45) is -3.32. The van der Waals surface area contributed by atoms with Gasteiger partial charge in [-0.25, -0.2) is 0 Å². The molecular formula is C33H31ClF3NO3. The van der Waals surface area contributed by atoms with E-state index in [1.54, 1.807) is 30.3 Å². The van der Waals surface area contributed by atoms with Crippen molar-refractivity contribution >= 4 is 17.6 Å². The highest BCUT2D eigenvalue weighted by atomic mass is 35.5. The number of halogens is 4. The molecule has 0 bridgehead atoms. The van der Waals surface area contributed by atoms with E-state index in [2.05, 4.69) is 29.2 Å². The van der Waals surface area contributed by atoms with Gasteiger partial charge in [0.1, 0.15) is 5.75 Å². The molecule has 0 aliphatic heterocycles. The molecule has 0 fully saturated rings. The smallest absolute Gasteiger partial charge is 0.417 e. The molecular weight excluding hydrogens is 551 g/mol. The van der Waals surface area contributed by atoms with Crippen molar-refractivity contribution in [2.45, 2.75) is 32.0 Å². The summed E-state index contributed by atoms with van der Waals surface area (Å²) < 4.78 is 46.4. The number of ether oxygens (including phenoxy) is 1. The van der Waals surface area contributed by atoms with Crippen LogP contribution >= 0.6 is 11.6 Å². The zero-order valence-corrected chi connectivity index (χ0v) is 23.2. The first-order valence-corrected chi connectivity index (χ1v) is 13.7. The SMILES string of the molecule is O=C(O)Cc1cccc(OCCCN(CCc2ccccc2-c2ccccc2)Cc2cccc(C(F)(F)F)c2Cl)c1. The maximum atomic E-state index is 13.5. The fraction of sp³-hybridized carbons (Fsp3) is 0.242. The standard InChI is InChI=1S/C33H31ClF3NO3/c34-32-27(13-7-16-30(32)33(35,36)37)23-38(18-8-20-41-28-14-6-9-24(21-28)22-31(39)40)19-17-26-12-4-5-15-29(26)25-10-2-1-3-11-25/h1-7,9-16,21H,8,17-20,22-23H2,(H,39,40). The van der Waals surface area contributed by atoms with Gasteiger partial charge in [0.05, 0.1) is 23.6 Å². The van der Waals surface area contributed by atoms with Gasteiger partial charge in [-0.05, 0) is 58.9 Å². The summed E-state index contributed by atoms with van der Waals surface area (Å²) in [6.45, 7) is 1.79. The van der Waals surface area contributed by atoms with E-state index in [0.29, 0.717) is 49.4 Å². The maximum Gasteiger partial charge on any atom is 0.417 e. The van der Waals surface area contributed by atoms with Crippen LogP contribution in [-0.4, -0.2) is 35.7 Å². The van der Waals surface area contributed by atoms with Gasteiger partial charge >= 0.3 is 12.1 Å². The number of nitrogens with zero attached hydrogens (tertiary/aromatic N) is 1. The molecule has 1 N–H and O–H groups in total. The Bertz CT molecular complexity index is 1440. The summed E-state index contributed by atoms with van der Waals surface area (Å²) in [5.74, 6) is -0.340. The molecule has 0 saturated carbocycles. The Morgan fingerprint density at radius 3 is 2.32 bits per heavy atom. The van der Waals surface area contributed by atoms with E-state index in [1.807, 2.05) is 30.3 Å². The summed E-state index contributed by atoms with van der Waals surface area (Å²) in [6, 6.07) is 29.2. The molecule has 214 valence electrons. The predicted molar refractivity (Wildman–Crippen MR) is 155 cm³/mol. The Morgan fingerprint density at radius 1 is 0.854 bits per heavy atom. The average molecular weight is 582 g/mol. The van der Waals surface area contributed by atoms with Crippen LogP contribution in [0.4, 0.5) is 13.2 Å². The van der Waals surface area contributed by atoms with Crippen LogP contribution in [-0.2, 0) is 30.4 Å². The Morgan fingerprint density at radius 2 is 1.56 bits per heavy atom. The van der Waals surface area contributed by atoms with Gasteiger partial charge in [0.15, 0.2) is 0 Å². The van der Waals surface area contributed by atoms with Gasteiger partial charge in [0.25, 0.3) is 0 Å². The first kappa shape index (κ1) is 30.2. The third kappa shape index (κ3) is 8.84. The molecule has 0 aromatic heterocycles. The number of carboxylic acids is 1. The molecule has 0 heterocycles. The highest BCUT2D eigenvalue weighted by Gasteiger charge is 2.34. The molecule has 0 aliphatic carbocycles. The normalized spacial score (nSPS) is 11.5.